The van der Waals surface area contributed by atoms with E-state index in [0.29, 0.717) is 0 Å². The van der Waals surface area contributed by atoms with Gasteiger partial charge in [0.25, 0.3) is 0 Å². The smallest absolute Gasteiger partial charge is 0.131 e. The van der Waals surface area contributed by atoms with Gasteiger partial charge < -0.3 is 10.6 Å². The van der Waals surface area contributed by atoms with Gasteiger partial charge in [0, 0.05) is 7.05 Å². The van der Waals surface area contributed by atoms with Crippen molar-refractivity contribution < 1.29 is 4.84 Å². The Morgan fingerprint density at radius 1 is 2.00 bits per heavy atom. The molecule has 7 heavy (non-hydrogen) atoms. The van der Waals surface area contributed by atoms with Crippen molar-refractivity contribution in [3.8, 4) is 0 Å². The number of hydrogen-bond acceptors (Lipinski definition) is 3. The fourth-order valence-electron chi connectivity index (χ4n) is 0.489. The molecule has 0 radical (unpaired) electrons. The highest BCUT2D eigenvalue weighted by atomic mass is 16.7. The first-order valence-corrected chi connectivity index (χ1v) is 2.11. The molecule has 0 aromatic rings. The molecule has 1 rings (SSSR count). The molecule has 0 bridgehead atoms. The number of nitrogens with zero attached hydrogens (tertiary/aromatic N) is 1. The van der Waals surface area contributed by atoms with E-state index in [0.717, 1.165) is 12.2 Å². The van der Waals surface area contributed by atoms with Crippen molar-refractivity contribution in [2.75, 3.05) is 13.6 Å². The molecule has 3 heteroatoms. The van der Waals surface area contributed by atoms with Crippen LogP contribution in [0.4, 0.5) is 0 Å². The Morgan fingerprint density at radius 2 is 2.71 bits per heavy atom. The molecule has 0 aromatic heterocycles. The maximum Gasteiger partial charge on any atom is 0.131 e. The Morgan fingerprint density at radius 3 is 2.86 bits per heavy atom. The molecule has 0 atom stereocenters. The minimum atomic E-state index is 0.722. The normalized spacial score (nSPS) is 21.6. The van der Waals surface area contributed by atoms with Crippen molar-refractivity contribution in [1.82, 2.24) is 5.06 Å². The standard InChI is InChI=1S/C4H8N2O/c1-6-2-4(5)3-7-6/h3H,2,5H2,1H3. The predicted molar refractivity (Wildman–Crippen MR) is 26.0 cm³/mol. The van der Waals surface area contributed by atoms with Crippen molar-refractivity contribution in [1.29, 1.82) is 0 Å². The zero-order valence-corrected chi connectivity index (χ0v) is 4.22. The van der Waals surface area contributed by atoms with E-state index in [9.17, 15) is 0 Å². The van der Waals surface area contributed by atoms with Crippen LogP contribution >= 0.6 is 0 Å². The van der Waals surface area contributed by atoms with Gasteiger partial charge in [-0.15, -0.1) is 5.06 Å². The van der Waals surface area contributed by atoms with Crippen LogP contribution in [-0.2, 0) is 4.84 Å². The quantitative estimate of drug-likeness (QED) is 0.452. The van der Waals surface area contributed by atoms with E-state index in [4.69, 9.17) is 10.6 Å². The predicted octanol–water partition coefficient (Wildman–Crippen LogP) is -0.336. The van der Waals surface area contributed by atoms with Gasteiger partial charge in [-0.1, -0.05) is 0 Å². The number of hydrogen-bond donors (Lipinski definition) is 1. The lowest BCUT2D eigenvalue weighted by molar-refractivity contribution is -0.0496. The average molecular weight is 100 g/mol. The van der Waals surface area contributed by atoms with Crippen LogP contribution in [0.3, 0.4) is 0 Å². The highest BCUT2D eigenvalue weighted by Crippen LogP contribution is 2.00. The summed E-state index contributed by atoms with van der Waals surface area (Å²) >= 11 is 0. The van der Waals surface area contributed by atoms with Gasteiger partial charge in [0.1, 0.15) is 6.26 Å². The zero-order chi connectivity index (χ0) is 5.28. The van der Waals surface area contributed by atoms with Crippen LogP contribution in [0.25, 0.3) is 0 Å². The second-order valence-electron chi connectivity index (χ2n) is 1.58. The fourth-order valence-corrected chi connectivity index (χ4v) is 0.489. The molecule has 0 aliphatic carbocycles. The summed E-state index contributed by atoms with van der Waals surface area (Å²) < 4.78 is 0. The summed E-state index contributed by atoms with van der Waals surface area (Å²) in [6.45, 7) is 0.722. The maximum atomic E-state index is 5.32. The summed E-state index contributed by atoms with van der Waals surface area (Å²) in [4.78, 5) is 4.81. The molecule has 0 unspecified atom stereocenters. The summed E-state index contributed by atoms with van der Waals surface area (Å²) in [6, 6.07) is 0. The lowest BCUT2D eigenvalue weighted by atomic mass is 10.5. The first kappa shape index (κ1) is 4.46. The fraction of sp³-hybridized carbons (Fsp3) is 0.500. The Labute approximate surface area is 42.3 Å². The number of hydroxylamine groups is 2. The van der Waals surface area contributed by atoms with Crippen molar-refractivity contribution >= 4 is 0 Å². The first-order chi connectivity index (χ1) is 3.29. The third kappa shape index (κ3) is 0.838. The maximum absolute atomic E-state index is 5.32. The molecule has 3 nitrogen and oxygen atoms in total. The molecule has 0 fully saturated rings. The number of likely N-dealkylation sites (N-methyl/N-ethyl adjacent to an activating group) is 1. The summed E-state index contributed by atoms with van der Waals surface area (Å²) in [5.74, 6) is 0. The molecular weight excluding hydrogens is 92.1 g/mol. The van der Waals surface area contributed by atoms with Gasteiger partial charge in [-0.3, -0.25) is 0 Å². The van der Waals surface area contributed by atoms with Gasteiger partial charge >= 0.3 is 0 Å². The minimum absolute atomic E-state index is 0.722. The molecule has 0 amide bonds. The lowest BCUT2D eigenvalue weighted by Gasteiger charge is -2.03. The third-order valence-electron chi connectivity index (χ3n) is 0.789. The van der Waals surface area contributed by atoms with E-state index in [-0.39, 0.29) is 0 Å². The molecule has 0 saturated heterocycles. The summed E-state index contributed by atoms with van der Waals surface area (Å²) in [5.41, 5.74) is 6.10. The molecule has 0 spiro atoms. The van der Waals surface area contributed by atoms with Crippen molar-refractivity contribution in [2.24, 2.45) is 5.73 Å². The van der Waals surface area contributed by atoms with Gasteiger partial charge in [0.2, 0.25) is 0 Å². The van der Waals surface area contributed by atoms with Crippen molar-refractivity contribution in [2.45, 2.75) is 0 Å². The van der Waals surface area contributed by atoms with Gasteiger partial charge in [-0.25, -0.2) is 0 Å². The summed E-state index contributed by atoms with van der Waals surface area (Å²) in [7, 11) is 1.83. The van der Waals surface area contributed by atoms with Crippen LogP contribution in [0.15, 0.2) is 12.0 Å². The van der Waals surface area contributed by atoms with Gasteiger partial charge in [0.15, 0.2) is 0 Å². The van der Waals surface area contributed by atoms with E-state index in [2.05, 4.69) is 0 Å². The molecule has 1 aliphatic heterocycles. The van der Waals surface area contributed by atoms with E-state index >= 15 is 0 Å². The van der Waals surface area contributed by atoms with Crippen LogP contribution < -0.4 is 5.73 Å². The molecule has 40 valence electrons. The van der Waals surface area contributed by atoms with E-state index < -0.39 is 0 Å². The number of nitrogens with two attached hydrogens (primary N) is 1. The highest BCUT2D eigenvalue weighted by molar-refractivity contribution is 4.96. The molecular formula is C4H8N2O. The Balaban J connectivity index is 2.42. The topological polar surface area (TPSA) is 38.5 Å². The second-order valence-corrected chi connectivity index (χ2v) is 1.58. The Bertz CT molecular complexity index is 99.9. The first-order valence-electron chi connectivity index (χ1n) is 2.11. The van der Waals surface area contributed by atoms with Gasteiger partial charge in [-0.05, 0) is 0 Å². The molecule has 0 aromatic carbocycles. The molecule has 1 heterocycles. The molecule has 2 N–H and O–H groups in total. The lowest BCUT2D eigenvalue weighted by Crippen LogP contribution is -2.14. The zero-order valence-electron chi connectivity index (χ0n) is 4.22. The Kier molecular flexibility index (Phi) is 0.906. The summed E-state index contributed by atoms with van der Waals surface area (Å²) in [5, 5.41) is 1.66. The van der Waals surface area contributed by atoms with Crippen LogP contribution in [0.2, 0.25) is 0 Å². The monoisotopic (exact) mass is 100 g/mol. The van der Waals surface area contributed by atoms with Crippen molar-refractivity contribution in [3.05, 3.63) is 12.0 Å². The summed E-state index contributed by atoms with van der Waals surface area (Å²) in [6.07, 6.45) is 1.54. The number of rotatable bonds is 0. The van der Waals surface area contributed by atoms with E-state index in [1.54, 1.807) is 11.3 Å². The van der Waals surface area contributed by atoms with Gasteiger partial charge in [0.05, 0.1) is 12.2 Å². The van der Waals surface area contributed by atoms with Crippen LogP contribution in [-0.4, -0.2) is 18.7 Å². The van der Waals surface area contributed by atoms with Crippen molar-refractivity contribution in [3.63, 3.8) is 0 Å². The largest absolute Gasteiger partial charge is 0.412 e. The third-order valence-corrected chi connectivity index (χ3v) is 0.789. The van der Waals surface area contributed by atoms with E-state index in [1.807, 2.05) is 7.05 Å². The minimum Gasteiger partial charge on any atom is -0.412 e. The van der Waals surface area contributed by atoms with E-state index in [1.165, 1.54) is 0 Å². The van der Waals surface area contributed by atoms with Crippen LogP contribution in [0.5, 0.6) is 0 Å². The second kappa shape index (κ2) is 1.42. The molecule has 0 saturated carbocycles. The average Bonchev–Trinajstić information content (AvgIpc) is 1.87. The SMILES string of the molecule is CN1CC(N)=CO1. The van der Waals surface area contributed by atoms with Gasteiger partial charge in [-0.2, -0.15) is 0 Å². The van der Waals surface area contributed by atoms with Crippen LogP contribution in [0.1, 0.15) is 0 Å². The highest BCUT2D eigenvalue weighted by Gasteiger charge is 2.05. The molecule has 1 aliphatic rings. The Hall–Kier alpha value is -0.700. The van der Waals surface area contributed by atoms with Crippen LogP contribution in [0, 0.1) is 0 Å².